The van der Waals surface area contributed by atoms with E-state index in [0.717, 1.165) is 17.5 Å². The molecule has 0 radical (unpaired) electrons. The van der Waals surface area contributed by atoms with Crippen LogP contribution < -0.4 is 0 Å². The van der Waals surface area contributed by atoms with Crippen LogP contribution in [0.1, 0.15) is 37.0 Å². The summed E-state index contributed by atoms with van der Waals surface area (Å²) in [4.78, 5) is 0. The van der Waals surface area contributed by atoms with Gasteiger partial charge < -0.3 is 4.74 Å². The Kier molecular flexibility index (Phi) is 6.25. The van der Waals surface area contributed by atoms with Crippen LogP contribution in [0, 0.1) is 6.92 Å². The molecule has 2 heteroatoms. The molecule has 0 aliphatic rings. The monoisotopic (exact) mass is 318 g/mol. The molecule has 0 aliphatic carbocycles. The van der Waals surface area contributed by atoms with Gasteiger partial charge in [-0.3, -0.25) is 0 Å². The average molecular weight is 318 g/mol. The van der Waals surface area contributed by atoms with E-state index in [-0.39, 0.29) is 6.10 Å². The summed E-state index contributed by atoms with van der Waals surface area (Å²) in [5.41, 5.74) is 2.60. The van der Waals surface area contributed by atoms with Crippen molar-refractivity contribution in [2.75, 3.05) is 11.0 Å². The summed E-state index contributed by atoms with van der Waals surface area (Å²) in [5, 5.41) is 0. The van der Waals surface area contributed by atoms with Crippen molar-refractivity contribution in [3.05, 3.63) is 35.4 Å². The number of ether oxygens (including phenoxy) is 1. The SMILES string of the molecule is CCCCOC(CI)c1ccc(C)cc1. The quantitative estimate of drug-likeness (QED) is 0.432. The van der Waals surface area contributed by atoms with Crippen molar-refractivity contribution in [1.29, 1.82) is 0 Å². The number of hydrogen-bond acceptors (Lipinski definition) is 1. The molecule has 1 aromatic carbocycles. The van der Waals surface area contributed by atoms with Crippen LogP contribution in [0.4, 0.5) is 0 Å². The van der Waals surface area contributed by atoms with Gasteiger partial charge in [-0.15, -0.1) is 0 Å². The molecule has 0 saturated heterocycles. The highest BCUT2D eigenvalue weighted by Crippen LogP contribution is 2.20. The molecular weight excluding hydrogens is 299 g/mol. The van der Waals surface area contributed by atoms with Gasteiger partial charge >= 0.3 is 0 Å². The highest BCUT2D eigenvalue weighted by atomic mass is 127. The van der Waals surface area contributed by atoms with Gasteiger partial charge in [-0.1, -0.05) is 65.8 Å². The third-order valence-electron chi connectivity index (χ3n) is 2.41. The van der Waals surface area contributed by atoms with E-state index in [0.29, 0.717) is 0 Å². The van der Waals surface area contributed by atoms with Gasteiger partial charge in [0.1, 0.15) is 0 Å². The number of aryl methyl sites for hydroxylation is 1. The van der Waals surface area contributed by atoms with Crippen LogP contribution in [0.5, 0.6) is 0 Å². The third kappa shape index (κ3) is 4.51. The van der Waals surface area contributed by atoms with E-state index in [4.69, 9.17) is 4.74 Å². The van der Waals surface area contributed by atoms with Crippen LogP contribution in [-0.2, 0) is 4.74 Å². The zero-order valence-electron chi connectivity index (χ0n) is 9.50. The summed E-state index contributed by atoms with van der Waals surface area (Å²) in [7, 11) is 0. The van der Waals surface area contributed by atoms with Gasteiger partial charge in [0, 0.05) is 11.0 Å². The third-order valence-corrected chi connectivity index (χ3v) is 3.21. The Balaban J connectivity index is 2.53. The minimum atomic E-state index is 0.262. The highest BCUT2D eigenvalue weighted by Gasteiger charge is 2.09. The van der Waals surface area contributed by atoms with Gasteiger partial charge in [0.25, 0.3) is 0 Å². The lowest BCUT2D eigenvalue weighted by Crippen LogP contribution is -2.06. The topological polar surface area (TPSA) is 9.23 Å². The van der Waals surface area contributed by atoms with Crippen molar-refractivity contribution in [3.63, 3.8) is 0 Å². The van der Waals surface area contributed by atoms with Gasteiger partial charge in [-0.05, 0) is 18.9 Å². The number of rotatable bonds is 6. The smallest absolute Gasteiger partial charge is 0.0914 e. The first kappa shape index (κ1) is 13.0. The van der Waals surface area contributed by atoms with E-state index in [1.807, 2.05) is 0 Å². The zero-order chi connectivity index (χ0) is 11.1. The molecule has 0 N–H and O–H groups in total. The second kappa shape index (κ2) is 7.23. The van der Waals surface area contributed by atoms with Gasteiger partial charge in [-0.25, -0.2) is 0 Å². The van der Waals surface area contributed by atoms with E-state index in [9.17, 15) is 0 Å². The van der Waals surface area contributed by atoms with E-state index < -0.39 is 0 Å². The lowest BCUT2D eigenvalue weighted by Gasteiger charge is -2.15. The Morgan fingerprint density at radius 2 is 1.93 bits per heavy atom. The molecule has 0 bridgehead atoms. The van der Waals surface area contributed by atoms with E-state index in [2.05, 4.69) is 60.7 Å². The molecule has 1 nitrogen and oxygen atoms in total. The molecule has 1 aromatic rings. The summed E-state index contributed by atoms with van der Waals surface area (Å²) < 4.78 is 6.87. The molecule has 0 spiro atoms. The predicted molar refractivity (Wildman–Crippen MR) is 73.7 cm³/mol. The molecule has 0 fully saturated rings. The molecule has 0 saturated carbocycles. The Morgan fingerprint density at radius 3 is 2.47 bits per heavy atom. The standard InChI is InChI=1S/C13H19IO/c1-3-4-9-15-13(10-14)12-7-5-11(2)6-8-12/h5-8,13H,3-4,9-10H2,1-2H3. The lowest BCUT2D eigenvalue weighted by molar-refractivity contribution is 0.0688. The van der Waals surface area contributed by atoms with E-state index >= 15 is 0 Å². The molecule has 84 valence electrons. The van der Waals surface area contributed by atoms with E-state index in [1.165, 1.54) is 17.5 Å². The highest BCUT2D eigenvalue weighted by molar-refractivity contribution is 14.1. The van der Waals surface area contributed by atoms with Crippen LogP contribution in [-0.4, -0.2) is 11.0 Å². The number of benzene rings is 1. The molecule has 0 aromatic heterocycles. The zero-order valence-corrected chi connectivity index (χ0v) is 11.7. The molecule has 0 amide bonds. The van der Waals surface area contributed by atoms with Crippen molar-refractivity contribution < 1.29 is 4.74 Å². The maximum Gasteiger partial charge on any atom is 0.0914 e. The van der Waals surface area contributed by atoms with Crippen LogP contribution in [0.25, 0.3) is 0 Å². The fraction of sp³-hybridized carbons (Fsp3) is 0.538. The van der Waals surface area contributed by atoms with Crippen LogP contribution in [0.2, 0.25) is 0 Å². The maximum absolute atomic E-state index is 5.85. The van der Waals surface area contributed by atoms with Crippen molar-refractivity contribution in [2.24, 2.45) is 0 Å². The minimum absolute atomic E-state index is 0.262. The van der Waals surface area contributed by atoms with Crippen molar-refractivity contribution >= 4 is 22.6 Å². The summed E-state index contributed by atoms with van der Waals surface area (Å²) in [6, 6.07) is 8.64. The normalized spacial score (nSPS) is 12.7. The Labute approximate surface area is 106 Å². The summed E-state index contributed by atoms with van der Waals surface area (Å²) in [6.07, 6.45) is 2.61. The Bertz CT molecular complexity index is 268. The number of alkyl halides is 1. The second-order valence-corrected chi connectivity index (χ2v) is 4.66. The van der Waals surface area contributed by atoms with Gasteiger partial charge in [0.15, 0.2) is 0 Å². The molecule has 0 aliphatic heterocycles. The first-order chi connectivity index (χ1) is 7.27. The molecule has 1 unspecified atom stereocenters. The maximum atomic E-state index is 5.85. The van der Waals surface area contributed by atoms with Crippen LogP contribution >= 0.6 is 22.6 Å². The second-order valence-electron chi connectivity index (χ2n) is 3.78. The summed E-state index contributed by atoms with van der Waals surface area (Å²) >= 11 is 2.39. The van der Waals surface area contributed by atoms with Gasteiger partial charge in [0.2, 0.25) is 0 Å². The minimum Gasteiger partial charge on any atom is -0.373 e. The summed E-state index contributed by atoms with van der Waals surface area (Å²) in [5.74, 6) is 0. The average Bonchev–Trinajstić information content (AvgIpc) is 2.26. The summed E-state index contributed by atoms with van der Waals surface area (Å²) in [6.45, 7) is 5.17. The van der Waals surface area contributed by atoms with Crippen LogP contribution in [0.3, 0.4) is 0 Å². The molecule has 1 atom stereocenters. The molecule has 0 heterocycles. The Hall–Kier alpha value is -0.0900. The molecule has 15 heavy (non-hydrogen) atoms. The Morgan fingerprint density at radius 1 is 1.27 bits per heavy atom. The van der Waals surface area contributed by atoms with Crippen molar-refractivity contribution in [3.8, 4) is 0 Å². The first-order valence-electron chi connectivity index (χ1n) is 5.52. The van der Waals surface area contributed by atoms with E-state index in [1.54, 1.807) is 0 Å². The van der Waals surface area contributed by atoms with Crippen molar-refractivity contribution in [1.82, 2.24) is 0 Å². The first-order valence-corrected chi connectivity index (χ1v) is 7.04. The number of unbranched alkanes of at least 4 members (excludes halogenated alkanes) is 1. The number of halogens is 1. The van der Waals surface area contributed by atoms with Crippen molar-refractivity contribution in [2.45, 2.75) is 32.8 Å². The lowest BCUT2D eigenvalue weighted by atomic mass is 10.1. The fourth-order valence-electron chi connectivity index (χ4n) is 1.38. The van der Waals surface area contributed by atoms with Gasteiger partial charge in [-0.2, -0.15) is 0 Å². The van der Waals surface area contributed by atoms with Gasteiger partial charge in [0.05, 0.1) is 6.10 Å². The largest absolute Gasteiger partial charge is 0.373 e. The number of hydrogen-bond donors (Lipinski definition) is 0. The molecule has 1 rings (SSSR count). The fourth-order valence-corrected chi connectivity index (χ4v) is 2.14. The molecular formula is C13H19IO. The predicted octanol–water partition coefficient (Wildman–Crippen LogP) is 4.29. The van der Waals surface area contributed by atoms with Crippen LogP contribution in [0.15, 0.2) is 24.3 Å².